The summed E-state index contributed by atoms with van der Waals surface area (Å²) < 4.78 is 26.6. The molecule has 2 unspecified atom stereocenters. The number of anilines is 3. The van der Waals surface area contributed by atoms with E-state index in [1.165, 1.54) is 18.2 Å². The van der Waals surface area contributed by atoms with Gasteiger partial charge in [0.15, 0.2) is 12.0 Å². The van der Waals surface area contributed by atoms with Crippen molar-refractivity contribution in [2.75, 3.05) is 36.4 Å². The van der Waals surface area contributed by atoms with Crippen LogP contribution < -0.4 is 15.0 Å². The highest BCUT2D eigenvalue weighted by Gasteiger charge is 2.35. The fraction of sp³-hybridized carbons (Fsp3) is 0.433. The number of ether oxygens (including phenoxy) is 2. The van der Waals surface area contributed by atoms with Gasteiger partial charge in [-0.05, 0) is 62.2 Å². The van der Waals surface area contributed by atoms with Crippen molar-refractivity contribution in [2.24, 2.45) is 0 Å². The number of piperidine rings is 1. The lowest BCUT2D eigenvalue weighted by molar-refractivity contribution is -0.143. The van der Waals surface area contributed by atoms with E-state index in [0.29, 0.717) is 29.5 Å². The van der Waals surface area contributed by atoms with Gasteiger partial charge in [-0.3, -0.25) is 4.79 Å². The van der Waals surface area contributed by atoms with E-state index in [0.717, 1.165) is 37.3 Å². The fourth-order valence-corrected chi connectivity index (χ4v) is 5.71. The van der Waals surface area contributed by atoms with Gasteiger partial charge in [0.25, 0.3) is 5.91 Å². The summed E-state index contributed by atoms with van der Waals surface area (Å²) in [6.45, 7) is 3.26. The smallest absolute Gasteiger partial charge is 0.251 e. The summed E-state index contributed by atoms with van der Waals surface area (Å²) in [7, 11) is 0. The third kappa shape index (κ3) is 5.98. The molecule has 6 rings (SSSR count). The number of morpholine rings is 1. The average molecular weight is 574 g/mol. The van der Waals surface area contributed by atoms with Crippen molar-refractivity contribution >= 4 is 23.2 Å². The second-order valence-corrected chi connectivity index (χ2v) is 10.9. The molecule has 218 valence electrons. The first-order valence-electron chi connectivity index (χ1n) is 14.1. The molecule has 3 aliphatic heterocycles. The zero-order valence-electron chi connectivity index (χ0n) is 23.2. The number of benzene rings is 2. The van der Waals surface area contributed by atoms with Crippen LogP contribution in [0, 0.1) is 11.3 Å². The van der Waals surface area contributed by atoms with Gasteiger partial charge >= 0.3 is 0 Å². The maximum absolute atomic E-state index is 14.8. The van der Waals surface area contributed by atoms with Gasteiger partial charge in [0.05, 0.1) is 24.3 Å². The van der Waals surface area contributed by atoms with Crippen LogP contribution >= 0.6 is 0 Å². The van der Waals surface area contributed by atoms with Crippen molar-refractivity contribution < 1.29 is 23.8 Å². The lowest BCUT2D eigenvalue weighted by Crippen LogP contribution is -2.51. The summed E-state index contributed by atoms with van der Waals surface area (Å²) >= 11 is 0. The van der Waals surface area contributed by atoms with Crippen LogP contribution in [0.15, 0.2) is 48.8 Å². The van der Waals surface area contributed by atoms with E-state index < -0.39 is 24.3 Å². The van der Waals surface area contributed by atoms with Crippen molar-refractivity contribution in [3.63, 3.8) is 0 Å². The molecular weight excluding hydrogens is 541 g/mol. The second kappa shape index (κ2) is 11.9. The van der Waals surface area contributed by atoms with Crippen LogP contribution in [-0.2, 0) is 9.53 Å². The Morgan fingerprint density at radius 1 is 1.14 bits per heavy atom. The number of hydrogen-bond donors (Lipinski definition) is 2. The van der Waals surface area contributed by atoms with Gasteiger partial charge in [-0.2, -0.15) is 10.2 Å². The van der Waals surface area contributed by atoms with Gasteiger partial charge in [0, 0.05) is 43.0 Å². The van der Waals surface area contributed by atoms with Crippen molar-refractivity contribution in [1.82, 2.24) is 19.9 Å². The summed E-state index contributed by atoms with van der Waals surface area (Å²) in [5.41, 5.74) is 2.77. The third-order valence-electron chi connectivity index (χ3n) is 7.89. The first kappa shape index (κ1) is 27.8. The van der Waals surface area contributed by atoms with E-state index in [1.807, 2.05) is 12.1 Å². The monoisotopic (exact) mass is 573 g/mol. The Balaban J connectivity index is 1.11. The molecule has 0 radical (unpaired) electrons. The fourth-order valence-electron chi connectivity index (χ4n) is 5.71. The number of nitrogens with zero attached hydrogens (tertiary/aromatic N) is 6. The molecule has 3 aromatic rings. The maximum atomic E-state index is 14.8. The highest BCUT2D eigenvalue weighted by molar-refractivity contribution is 5.80. The Morgan fingerprint density at radius 3 is 2.60 bits per heavy atom. The van der Waals surface area contributed by atoms with Crippen molar-refractivity contribution in [3.8, 4) is 23.2 Å². The van der Waals surface area contributed by atoms with Crippen LogP contribution in [0.3, 0.4) is 0 Å². The number of nitriles is 1. The number of aliphatic hydroxyl groups is 1. The number of carbonyl (C=O) groups excluding carboxylic acids is 1. The van der Waals surface area contributed by atoms with Crippen LogP contribution in [0.5, 0.6) is 5.75 Å². The summed E-state index contributed by atoms with van der Waals surface area (Å²) in [6, 6.07) is 15.1. The summed E-state index contributed by atoms with van der Waals surface area (Å²) in [5.74, 6) is 0.449. The Labute approximate surface area is 242 Å². The highest BCUT2D eigenvalue weighted by Crippen LogP contribution is 2.31. The topological polar surface area (TPSA) is 137 Å². The lowest BCUT2D eigenvalue weighted by Gasteiger charge is -2.35. The molecule has 11 nitrogen and oxygen atoms in total. The molecular formula is C30H32FN7O4. The molecule has 12 heteroatoms. The third-order valence-corrected chi connectivity index (χ3v) is 7.89. The number of nitrogens with one attached hydrogen (secondary N) is 1. The number of carbonyl (C=O) groups is 1. The molecule has 3 fully saturated rings. The average Bonchev–Trinajstić information content (AvgIpc) is 3.35. The van der Waals surface area contributed by atoms with Gasteiger partial charge in [-0.25, -0.2) is 14.4 Å². The van der Waals surface area contributed by atoms with E-state index >= 15 is 0 Å². The Kier molecular flexibility index (Phi) is 7.86. The van der Waals surface area contributed by atoms with E-state index in [2.05, 4.69) is 43.4 Å². The largest absolute Gasteiger partial charge is 0.486 e. The molecule has 2 N–H and O–H groups in total. The van der Waals surface area contributed by atoms with E-state index in [-0.39, 0.29) is 30.8 Å². The maximum Gasteiger partial charge on any atom is 0.251 e. The van der Waals surface area contributed by atoms with Crippen molar-refractivity contribution in [2.45, 2.75) is 56.8 Å². The molecule has 0 aliphatic carbocycles. The molecule has 2 bridgehead atoms. The number of alkyl halides is 1. The first-order chi connectivity index (χ1) is 20.4. The van der Waals surface area contributed by atoms with Gasteiger partial charge in [0.1, 0.15) is 30.4 Å². The lowest BCUT2D eigenvalue weighted by atomic mass is 10.0. The van der Waals surface area contributed by atoms with E-state index in [1.54, 1.807) is 18.2 Å². The van der Waals surface area contributed by atoms with Crippen molar-refractivity contribution in [1.29, 1.82) is 5.26 Å². The van der Waals surface area contributed by atoms with Crippen LogP contribution in [-0.4, -0.2) is 87.6 Å². The van der Waals surface area contributed by atoms with Gasteiger partial charge in [-0.1, -0.05) is 0 Å². The Morgan fingerprint density at radius 2 is 1.90 bits per heavy atom. The molecule has 0 saturated carbocycles. The number of aliphatic hydroxyl groups excluding tert-OH is 1. The van der Waals surface area contributed by atoms with Crippen LogP contribution in [0.4, 0.5) is 21.7 Å². The number of hydrogen-bond acceptors (Lipinski definition) is 10. The Hall–Kier alpha value is -4.34. The molecule has 1 aromatic heterocycles. The predicted molar refractivity (Wildman–Crippen MR) is 152 cm³/mol. The summed E-state index contributed by atoms with van der Waals surface area (Å²) in [6.07, 6.45) is 1.06. The van der Waals surface area contributed by atoms with Crippen LogP contribution in [0.1, 0.15) is 31.7 Å². The summed E-state index contributed by atoms with van der Waals surface area (Å²) in [5, 5.41) is 22.5. The summed E-state index contributed by atoms with van der Waals surface area (Å²) in [4.78, 5) is 28.7. The van der Waals surface area contributed by atoms with E-state index in [4.69, 9.17) is 9.47 Å². The standard InChI is InChI=1S/C30H32FN7O4/c1-18(39)29(40)37-11-10-27(25(31)16-37)42-26-9-2-19(12-20(26)13-32)28-33-17-34-30(36-28)35-21-3-5-22(6-4-21)38-14-23-7-8-24(15-38)41-23/h2-6,9,12,17-18,23-25,27,39H,7-8,10-11,14-16H2,1H3,(H,33,34,35,36)/t18-,23?,24?,25-,27-/m0/s1. The quantitative estimate of drug-likeness (QED) is 0.434. The normalized spacial score (nSPS) is 24.1. The molecule has 5 atom stereocenters. The molecule has 42 heavy (non-hydrogen) atoms. The highest BCUT2D eigenvalue weighted by atomic mass is 19.1. The zero-order chi connectivity index (χ0) is 29.2. The minimum atomic E-state index is -1.46. The van der Waals surface area contributed by atoms with Gasteiger partial charge < -0.3 is 29.7 Å². The van der Waals surface area contributed by atoms with Crippen molar-refractivity contribution in [3.05, 3.63) is 54.4 Å². The molecule has 3 aliphatic rings. The van der Waals surface area contributed by atoms with Gasteiger partial charge in [-0.15, -0.1) is 0 Å². The Bertz CT molecular complexity index is 1470. The first-order valence-corrected chi connectivity index (χ1v) is 14.1. The molecule has 3 saturated heterocycles. The van der Waals surface area contributed by atoms with E-state index in [9.17, 15) is 19.6 Å². The molecule has 0 spiro atoms. The number of rotatable bonds is 7. The number of fused-ring (bicyclic) bond motifs is 2. The molecule has 4 heterocycles. The van der Waals surface area contributed by atoms with Gasteiger partial charge in [0.2, 0.25) is 5.95 Å². The minimum absolute atomic E-state index is 0.175. The molecule has 2 aromatic carbocycles. The van der Waals surface area contributed by atoms with Crippen LogP contribution in [0.2, 0.25) is 0 Å². The molecule has 1 amide bonds. The number of aromatic nitrogens is 3. The zero-order valence-corrected chi connectivity index (χ0v) is 23.2. The minimum Gasteiger partial charge on any atom is -0.486 e. The second-order valence-electron chi connectivity index (χ2n) is 10.9. The predicted octanol–water partition coefficient (Wildman–Crippen LogP) is 3.22. The number of amides is 1. The number of halogens is 1. The number of likely N-dealkylation sites (tertiary alicyclic amines) is 1. The van der Waals surface area contributed by atoms with Crippen LogP contribution in [0.25, 0.3) is 11.4 Å². The SMILES string of the molecule is C[C@H](O)C(=O)N1CC[C@H](Oc2ccc(-c3ncnc(Nc4ccc(N5CC6CCC(C5)O6)cc4)n3)cc2C#N)[C@@H](F)C1.